The van der Waals surface area contributed by atoms with Crippen LogP contribution in [0, 0.1) is 6.92 Å². The molecular weight excluding hydrogens is 302 g/mol. The zero-order valence-electron chi connectivity index (χ0n) is 15.3. The molecule has 1 aromatic heterocycles. The maximum atomic E-state index is 12.5. The van der Waals surface area contributed by atoms with Crippen molar-refractivity contribution in [3.05, 3.63) is 11.8 Å². The predicted octanol–water partition coefficient (Wildman–Crippen LogP) is 3.25. The van der Waals surface area contributed by atoms with Crippen LogP contribution in [-0.4, -0.2) is 57.8 Å². The summed E-state index contributed by atoms with van der Waals surface area (Å²) in [5.74, 6) is 0.654. The Bertz CT molecular complexity index is 554. The summed E-state index contributed by atoms with van der Waals surface area (Å²) in [5.41, 5.74) is 1.07. The highest BCUT2D eigenvalue weighted by molar-refractivity contribution is 5.88. The third kappa shape index (κ3) is 3.91. The van der Waals surface area contributed by atoms with E-state index in [0.29, 0.717) is 11.9 Å². The van der Waals surface area contributed by atoms with Crippen LogP contribution in [0.4, 0.5) is 10.6 Å². The van der Waals surface area contributed by atoms with Gasteiger partial charge in [-0.25, -0.2) is 4.79 Å². The van der Waals surface area contributed by atoms with E-state index in [9.17, 15) is 4.79 Å². The zero-order valence-corrected chi connectivity index (χ0v) is 15.3. The molecule has 2 fully saturated rings. The Morgan fingerprint density at radius 2 is 1.83 bits per heavy atom. The Labute approximate surface area is 145 Å². The summed E-state index contributed by atoms with van der Waals surface area (Å²) in [7, 11) is 0. The van der Waals surface area contributed by atoms with Crippen molar-refractivity contribution >= 4 is 11.8 Å². The maximum Gasteiger partial charge on any atom is 0.323 e. The van der Waals surface area contributed by atoms with Gasteiger partial charge >= 0.3 is 6.03 Å². The minimum atomic E-state index is -0.0216. The van der Waals surface area contributed by atoms with Crippen molar-refractivity contribution in [2.45, 2.75) is 65.0 Å². The zero-order chi connectivity index (χ0) is 17.1. The number of carbonyl (C=O) groups excluding carboxylic acids is 1. The first-order valence-corrected chi connectivity index (χ1v) is 9.40. The van der Waals surface area contributed by atoms with E-state index in [1.165, 1.54) is 32.1 Å². The lowest BCUT2D eigenvalue weighted by Gasteiger charge is -2.40. The largest absolute Gasteiger partial charge is 0.323 e. The summed E-state index contributed by atoms with van der Waals surface area (Å²) in [6.45, 7) is 9.82. The van der Waals surface area contributed by atoms with Gasteiger partial charge in [0, 0.05) is 50.0 Å². The van der Waals surface area contributed by atoms with Gasteiger partial charge in [-0.3, -0.25) is 14.9 Å². The first-order valence-electron chi connectivity index (χ1n) is 9.40. The summed E-state index contributed by atoms with van der Waals surface area (Å²) in [5, 5.41) is 7.44. The van der Waals surface area contributed by atoms with Crippen molar-refractivity contribution in [3.63, 3.8) is 0 Å². The van der Waals surface area contributed by atoms with Gasteiger partial charge in [0.05, 0.1) is 0 Å². The molecule has 0 bridgehead atoms. The number of carbonyl (C=O) groups is 1. The summed E-state index contributed by atoms with van der Waals surface area (Å²) in [4.78, 5) is 17.0. The van der Waals surface area contributed by atoms with Crippen LogP contribution in [0.25, 0.3) is 0 Å². The normalized spacial score (nSPS) is 20.6. The number of nitrogens with zero attached hydrogens (tertiary/aromatic N) is 4. The SMILES string of the molecule is Cc1cc(NC(=O)N2CCN(C3CCCCC3)CC2)nn1C(C)C. The van der Waals surface area contributed by atoms with E-state index in [-0.39, 0.29) is 6.03 Å². The molecule has 0 radical (unpaired) electrons. The molecule has 2 aliphatic rings. The molecule has 1 aliphatic carbocycles. The molecule has 6 heteroatoms. The molecule has 1 saturated heterocycles. The van der Waals surface area contributed by atoms with Gasteiger partial charge in [-0.05, 0) is 33.6 Å². The smallest absolute Gasteiger partial charge is 0.322 e. The Morgan fingerprint density at radius 3 is 2.42 bits per heavy atom. The van der Waals surface area contributed by atoms with Crippen LogP contribution in [-0.2, 0) is 0 Å². The van der Waals surface area contributed by atoms with Gasteiger partial charge < -0.3 is 4.90 Å². The number of hydrogen-bond donors (Lipinski definition) is 1. The molecule has 2 heterocycles. The number of rotatable bonds is 3. The highest BCUT2D eigenvalue weighted by atomic mass is 16.2. The summed E-state index contributed by atoms with van der Waals surface area (Å²) < 4.78 is 1.94. The molecule has 1 N–H and O–H groups in total. The molecule has 0 unspecified atom stereocenters. The molecular formula is C18H31N5O. The molecule has 0 atom stereocenters. The topological polar surface area (TPSA) is 53.4 Å². The maximum absolute atomic E-state index is 12.5. The minimum Gasteiger partial charge on any atom is -0.322 e. The number of urea groups is 1. The molecule has 6 nitrogen and oxygen atoms in total. The van der Waals surface area contributed by atoms with Crippen molar-refractivity contribution in [2.24, 2.45) is 0 Å². The lowest BCUT2D eigenvalue weighted by molar-refractivity contribution is 0.0942. The molecule has 0 aromatic carbocycles. The van der Waals surface area contributed by atoms with Crippen LogP contribution >= 0.6 is 0 Å². The second-order valence-electron chi connectivity index (χ2n) is 7.45. The fourth-order valence-corrected chi connectivity index (χ4v) is 4.00. The van der Waals surface area contributed by atoms with Crippen LogP contribution in [0.5, 0.6) is 0 Å². The fraction of sp³-hybridized carbons (Fsp3) is 0.778. The summed E-state index contributed by atoms with van der Waals surface area (Å²) in [6.07, 6.45) is 6.78. The van der Waals surface area contributed by atoms with Crippen molar-refractivity contribution in [1.29, 1.82) is 0 Å². The third-order valence-corrected chi connectivity index (χ3v) is 5.34. The lowest BCUT2D eigenvalue weighted by Crippen LogP contribution is -2.53. The lowest BCUT2D eigenvalue weighted by atomic mass is 9.94. The second kappa shape index (κ2) is 7.55. The highest BCUT2D eigenvalue weighted by Crippen LogP contribution is 2.23. The molecule has 1 aromatic rings. The molecule has 3 rings (SSSR count). The predicted molar refractivity (Wildman–Crippen MR) is 96.4 cm³/mol. The van der Waals surface area contributed by atoms with Crippen molar-refractivity contribution in [2.75, 3.05) is 31.5 Å². The number of aryl methyl sites for hydroxylation is 1. The van der Waals surface area contributed by atoms with Gasteiger partial charge in [0.1, 0.15) is 0 Å². The number of piperazine rings is 1. The van der Waals surface area contributed by atoms with E-state index >= 15 is 0 Å². The van der Waals surface area contributed by atoms with Crippen LogP contribution in [0.15, 0.2) is 6.07 Å². The Morgan fingerprint density at radius 1 is 1.17 bits per heavy atom. The fourth-order valence-electron chi connectivity index (χ4n) is 4.00. The van der Waals surface area contributed by atoms with Gasteiger partial charge in [-0.2, -0.15) is 5.10 Å². The second-order valence-corrected chi connectivity index (χ2v) is 7.45. The quantitative estimate of drug-likeness (QED) is 0.924. The number of nitrogens with one attached hydrogen (secondary N) is 1. The Kier molecular flexibility index (Phi) is 5.43. The van der Waals surface area contributed by atoms with Gasteiger partial charge in [0.15, 0.2) is 5.82 Å². The molecule has 134 valence electrons. The van der Waals surface area contributed by atoms with Gasteiger partial charge in [-0.15, -0.1) is 0 Å². The molecule has 24 heavy (non-hydrogen) atoms. The van der Waals surface area contributed by atoms with Gasteiger partial charge in [0.2, 0.25) is 0 Å². The number of hydrogen-bond acceptors (Lipinski definition) is 3. The van der Waals surface area contributed by atoms with Crippen LogP contribution < -0.4 is 5.32 Å². The third-order valence-electron chi connectivity index (χ3n) is 5.34. The Balaban J connectivity index is 1.51. The van der Waals surface area contributed by atoms with E-state index in [2.05, 4.69) is 29.2 Å². The first kappa shape index (κ1) is 17.3. The molecule has 2 amide bonds. The number of aromatic nitrogens is 2. The van der Waals surface area contributed by atoms with Crippen molar-refractivity contribution in [3.8, 4) is 0 Å². The summed E-state index contributed by atoms with van der Waals surface area (Å²) >= 11 is 0. The monoisotopic (exact) mass is 333 g/mol. The van der Waals surface area contributed by atoms with Gasteiger partial charge in [0.25, 0.3) is 0 Å². The van der Waals surface area contributed by atoms with Gasteiger partial charge in [-0.1, -0.05) is 19.3 Å². The van der Waals surface area contributed by atoms with Crippen molar-refractivity contribution < 1.29 is 4.79 Å². The van der Waals surface area contributed by atoms with Crippen LogP contribution in [0.3, 0.4) is 0 Å². The van der Waals surface area contributed by atoms with Crippen LogP contribution in [0.1, 0.15) is 57.7 Å². The average Bonchev–Trinajstić information content (AvgIpc) is 2.96. The number of anilines is 1. The Hall–Kier alpha value is -1.56. The summed E-state index contributed by atoms with van der Waals surface area (Å²) in [6, 6.07) is 2.96. The van der Waals surface area contributed by atoms with E-state index in [0.717, 1.165) is 37.9 Å². The molecule has 0 spiro atoms. The average molecular weight is 333 g/mol. The minimum absolute atomic E-state index is 0.0216. The first-order chi connectivity index (χ1) is 11.5. The number of amides is 2. The van der Waals surface area contributed by atoms with E-state index in [4.69, 9.17) is 0 Å². The standard InChI is InChI=1S/C18H31N5O/c1-14(2)23-15(3)13-17(20-23)19-18(24)22-11-9-21(10-12-22)16-7-5-4-6-8-16/h13-14,16H,4-12H2,1-3H3,(H,19,20,24). The van der Waals surface area contributed by atoms with E-state index < -0.39 is 0 Å². The van der Waals surface area contributed by atoms with Crippen molar-refractivity contribution in [1.82, 2.24) is 19.6 Å². The van der Waals surface area contributed by atoms with Crippen LogP contribution in [0.2, 0.25) is 0 Å². The van der Waals surface area contributed by atoms with E-state index in [1.54, 1.807) is 0 Å². The van der Waals surface area contributed by atoms with E-state index in [1.807, 2.05) is 22.6 Å². The molecule has 1 saturated carbocycles. The highest BCUT2D eigenvalue weighted by Gasteiger charge is 2.27. The molecule has 1 aliphatic heterocycles.